The zero-order valence-electron chi connectivity index (χ0n) is 8.78. The highest BCUT2D eigenvalue weighted by Gasteiger charge is 2.53. The van der Waals surface area contributed by atoms with Crippen LogP contribution in [0, 0.1) is 17.8 Å². The van der Waals surface area contributed by atoms with Gasteiger partial charge in [-0.2, -0.15) is 0 Å². The number of ether oxygens (including phenoxy) is 1. The molecule has 3 heteroatoms. The van der Waals surface area contributed by atoms with E-state index in [1.165, 1.54) is 19.3 Å². The minimum atomic E-state index is -0.669. The molecule has 0 radical (unpaired) electrons. The predicted molar refractivity (Wildman–Crippen MR) is 53.1 cm³/mol. The Morgan fingerprint density at radius 1 is 1.07 bits per heavy atom. The van der Waals surface area contributed by atoms with E-state index in [1.807, 2.05) is 0 Å². The van der Waals surface area contributed by atoms with Crippen LogP contribution in [0.1, 0.15) is 38.5 Å². The van der Waals surface area contributed by atoms with Crippen LogP contribution >= 0.6 is 0 Å². The third kappa shape index (κ3) is 1.48. The summed E-state index contributed by atoms with van der Waals surface area (Å²) in [6.07, 6.45) is 7.25. The summed E-state index contributed by atoms with van der Waals surface area (Å²) in [6, 6.07) is 0. The maximum atomic E-state index is 11.1. The van der Waals surface area contributed by atoms with E-state index >= 15 is 0 Å². The third-order valence-electron chi connectivity index (χ3n) is 4.40. The molecule has 0 saturated heterocycles. The van der Waals surface area contributed by atoms with Gasteiger partial charge in [0.1, 0.15) is 5.60 Å². The van der Waals surface area contributed by atoms with Gasteiger partial charge in [-0.1, -0.05) is 0 Å². The Morgan fingerprint density at radius 3 is 1.93 bits per heavy atom. The quantitative estimate of drug-likeness (QED) is 0.394. The number of rotatable bonds is 2. The molecule has 4 bridgehead atoms. The summed E-state index contributed by atoms with van der Waals surface area (Å²) in [5.74, 6) is 1.57. The Bertz CT molecular complexity index is 273. The van der Waals surface area contributed by atoms with Gasteiger partial charge in [0, 0.05) is 0 Å². The van der Waals surface area contributed by atoms with Crippen molar-refractivity contribution in [2.24, 2.45) is 17.8 Å². The van der Waals surface area contributed by atoms with Gasteiger partial charge in [-0.25, -0.2) is 4.79 Å². The average molecular weight is 208 g/mol. The van der Waals surface area contributed by atoms with Gasteiger partial charge in [0.05, 0.1) is 0 Å². The molecule has 0 aromatic carbocycles. The Morgan fingerprint density at radius 2 is 1.53 bits per heavy atom. The van der Waals surface area contributed by atoms with Crippen LogP contribution in [0.4, 0.5) is 0 Å². The zero-order valence-corrected chi connectivity index (χ0v) is 8.78. The van der Waals surface area contributed by atoms with E-state index in [9.17, 15) is 9.59 Å². The molecule has 4 rings (SSSR count). The lowest BCUT2D eigenvalue weighted by molar-refractivity contribution is -0.185. The largest absolute Gasteiger partial charge is 0.454 e. The van der Waals surface area contributed by atoms with Crippen molar-refractivity contribution in [3.05, 3.63) is 0 Å². The molecule has 0 unspecified atom stereocenters. The first-order chi connectivity index (χ1) is 7.19. The lowest BCUT2D eigenvalue weighted by Gasteiger charge is -2.55. The third-order valence-corrected chi connectivity index (χ3v) is 4.40. The summed E-state index contributed by atoms with van der Waals surface area (Å²) < 4.78 is 5.39. The van der Waals surface area contributed by atoms with Gasteiger partial charge in [0.25, 0.3) is 0 Å². The van der Waals surface area contributed by atoms with Crippen LogP contribution < -0.4 is 0 Å². The highest BCUT2D eigenvalue weighted by Crippen LogP contribution is 2.57. The highest BCUT2D eigenvalue weighted by molar-refractivity contribution is 6.20. The monoisotopic (exact) mass is 208 g/mol. The van der Waals surface area contributed by atoms with Crippen LogP contribution in [0.25, 0.3) is 0 Å². The standard InChI is InChI=1S/C12H16O3/c13-7-11(14)15-12-4-8-1-9(5-12)3-10(2-8)6-12/h7-10H,1-6H2. The second kappa shape index (κ2) is 3.06. The molecule has 15 heavy (non-hydrogen) atoms. The summed E-state index contributed by atoms with van der Waals surface area (Å²) in [4.78, 5) is 21.5. The molecule has 4 aliphatic carbocycles. The molecule has 4 fully saturated rings. The zero-order chi connectivity index (χ0) is 10.5. The molecule has 0 aromatic rings. The molecule has 3 nitrogen and oxygen atoms in total. The summed E-state index contributed by atoms with van der Waals surface area (Å²) in [6.45, 7) is 0. The number of hydrogen-bond acceptors (Lipinski definition) is 3. The molecular weight excluding hydrogens is 192 g/mol. The maximum absolute atomic E-state index is 11.1. The van der Waals surface area contributed by atoms with Crippen molar-refractivity contribution in [2.75, 3.05) is 0 Å². The van der Waals surface area contributed by atoms with Crippen molar-refractivity contribution in [3.63, 3.8) is 0 Å². The van der Waals surface area contributed by atoms with E-state index < -0.39 is 5.97 Å². The maximum Gasteiger partial charge on any atom is 0.371 e. The van der Waals surface area contributed by atoms with Crippen LogP contribution in [0.3, 0.4) is 0 Å². The van der Waals surface area contributed by atoms with Gasteiger partial charge in [0.15, 0.2) is 0 Å². The van der Waals surface area contributed by atoms with Crippen LogP contribution in [0.2, 0.25) is 0 Å². The van der Waals surface area contributed by atoms with Crippen LogP contribution in [0.5, 0.6) is 0 Å². The van der Waals surface area contributed by atoms with Gasteiger partial charge in [-0.3, -0.25) is 4.79 Å². The number of aldehydes is 1. The van der Waals surface area contributed by atoms with E-state index in [-0.39, 0.29) is 5.60 Å². The van der Waals surface area contributed by atoms with Crippen LogP contribution in [-0.4, -0.2) is 17.9 Å². The number of carbonyl (C=O) groups excluding carboxylic acids is 2. The first kappa shape index (κ1) is 9.37. The van der Waals surface area contributed by atoms with E-state index in [0.29, 0.717) is 6.29 Å². The molecule has 82 valence electrons. The molecule has 0 aromatic heterocycles. The van der Waals surface area contributed by atoms with E-state index in [2.05, 4.69) is 0 Å². The van der Waals surface area contributed by atoms with E-state index in [4.69, 9.17) is 4.74 Å². The van der Waals surface area contributed by atoms with Crippen molar-refractivity contribution in [3.8, 4) is 0 Å². The first-order valence-corrected chi connectivity index (χ1v) is 5.87. The van der Waals surface area contributed by atoms with E-state index in [0.717, 1.165) is 37.0 Å². The van der Waals surface area contributed by atoms with Gasteiger partial charge in [-0.05, 0) is 56.3 Å². The molecule has 0 aliphatic heterocycles. The van der Waals surface area contributed by atoms with Crippen molar-refractivity contribution >= 4 is 12.3 Å². The first-order valence-electron chi connectivity index (χ1n) is 5.87. The van der Waals surface area contributed by atoms with Crippen LogP contribution in [0.15, 0.2) is 0 Å². The van der Waals surface area contributed by atoms with Gasteiger partial charge in [-0.15, -0.1) is 0 Å². The highest BCUT2D eigenvalue weighted by atomic mass is 16.6. The molecule has 0 heterocycles. The summed E-state index contributed by atoms with van der Waals surface area (Å²) in [5, 5.41) is 0. The predicted octanol–water partition coefficient (Wildman–Crippen LogP) is 1.70. The summed E-state index contributed by atoms with van der Waals surface area (Å²) >= 11 is 0. The normalized spacial score (nSPS) is 46.5. The van der Waals surface area contributed by atoms with Crippen molar-refractivity contribution in [1.29, 1.82) is 0 Å². The van der Waals surface area contributed by atoms with Gasteiger partial charge in [0.2, 0.25) is 6.29 Å². The molecular formula is C12H16O3. The molecule has 4 saturated carbocycles. The minimum Gasteiger partial charge on any atom is -0.454 e. The lowest BCUT2D eigenvalue weighted by atomic mass is 9.54. The van der Waals surface area contributed by atoms with Gasteiger partial charge >= 0.3 is 5.97 Å². The number of hydrogen-bond donors (Lipinski definition) is 0. The Kier molecular flexibility index (Phi) is 1.91. The second-order valence-corrected chi connectivity index (χ2v) is 5.64. The topological polar surface area (TPSA) is 43.4 Å². The van der Waals surface area contributed by atoms with Crippen molar-refractivity contribution in [1.82, 2.24) is 0 Å². The molecule has 4 aliphatic rings. The fraction of sp³-hybridized carbons (Fsp3) is 0.833. The second-order valence-electron chi connectivity index (χ2n) is 5.64. The van der Waals surface area contributed by atoms with Crippen LogP contribution in [-0.2, 0) is 14.3 Å². The molecule has 0 N–H and O–H groups in total. The van der Waals surface area contributed by atoms with Crippen molar-refractivity contribution in [2.45, 2.75) is 44.1 Å². The number of esters is 1. The fourth-order valence-corrected chi connectivity index (χ4v) is 4.39. The van der Waals surface area contributed by atoms with E-state index in [1.54, 1.807) is 0 Å². The average Bonchev–Trinajstić information content (AvgIpc) is 2.14. The molecule has 0 spiro atoms. The van der Waals surface area contributed by atoms with Crippen molar-refractivity contribution < 1.29 is 14.3 Å². The molecule has 0 atom stereocenters. The smallest absolute Gasteiger partial charge is 0.371 e. The summed E-state index contributed by atoms with van der Waals surface area (Å²) in [5.41, 5.74) is -0.257. The molecule has 0 amide bonds. The Balaban J connectivity index is 1.80. The lowest BCUT2D eigenvalue weighted by Crippen LogP contribution is -2.52. The SMILES string of the molecule is O=CC(=O)OC12CC3CC(CC(C3)C1)C2. The van der Waals surface area contributed by atoms with Gasteiger partial charge < -0.3 is 4.74 Å². The Hall–Kier alpha value is -0.860. The Labute approximate surface area is 89.2 Å². The minimum absolute atomic E-state index is 0.257. The number of carbonyl (C=O) groups is 2. The summed E-state index contributed by atoms with van der Waals surface area (Å²) in [7, 11) is 0. The fourth-order valence-electron chi connectivity index (χ4n) is 4.39.